The molecule has 2 N–H and O–H groups in total. The van der Waals surface area contributed by atoms with Gasteiger partial charge in [-0.25, -0.2) is 0 Å². The predicted octanol–water partition coefficient (Wildman–Crippen LogP) is 4.30. The van der Waals surface area contributed by atoms with Crippen molar-refractivity contribution in [2.75, 3.05) is 6.26 Å². The first-order chi connectivity index (χ1) is 8.33. The molecule has 92 valence electrons. The fourth-order valence-electron chi connectivity index (χ4n) is 2.45. The lowest BCUT2D eigenvalue weighted by Crippen LogP contribution is -2.14. The molecule has 0 amide bonds. The zero-order chi connectivity index (χ0) is 12.1. The molecule has 1 atom stereocenters. The highest BCUT2D eigenvalue weighted by molar-refractivity contribution is 7.98. The third kappa shape index (κ3) is 3.14. The minimum Gasteiger partial charge on any atom is -0.321 e. The Labute approximate surface area is 108 Å². The molecule has 1 aliphatic rings. The Balaban J connectivity index is 2.23. The van der Waals surface area contributed by atoms with Crippen LogP contribution in [0.5, 0.6) is 0 Å². The quantitative estimate of drug-likeness (QED) is 0.636. The molecule has 0 bridgehead atoms. The molecule has 0 aromatic heterocycles. The first kappa shape index (κ1) is 12.7. The summed E-state index contributed by atoms with van der Waals surface area (Å²) in [7, 11) is 0. The van der Waals surface area contributed by atoms with Gasteiger partial charge in [0.05, 0.1) is 6.04 Å². The first-order valence-corrected chi connectivity index (χ1v) is 7.63. The molecule has 1 unspecified atom stereocenters. The number of hydrogen-bond donors (Lipinski definition) is 1. The molecule has 17 heavy (non-hydrogen) atoms. The number of nitrogens with two attached hydrogens (primary N) is 1. The second-order valence-corrected chi connectivity index (χ2v) is 5.45. The Morgan fingerprint density at radius 3 is 2.82 bits per heavy atom. The molecule has 0 spiro atoms. The lowest BCUT2D eigenvalue weighted by Gasteiger charge is -2.18. The predicted molar refractivity (Wildman–Crippen MR) is 76.3 cm³/mol. The summed E-state index contributed by atoms with van der Waals surface area (Å²) >= 11 is 1.79. The Morgan fingerprint density at radius 2 is 2.00 bits per heavy atom. The van der Waals surface area contributed by atoms with Crippen LogP contribution in [-0.4, -0.2) is 6.26 Å². The lowest BCUT2D eigenvalue weighted by atomic mass is 9.96. The van der Waals surface area contributed by atoms with E-state index in [9.17, 15) is 0 Å². The Kier molecular flexibility index (Phi) is 4.69. The van der Waals surface area contributed by atoms with Crippen molar-refractivity contribution in [3.63, 3.8) is 0 Å². The molecule has 0 heterocycles. The summed E-state index contributed by atoms with van der Waals surface area (Å²) in [5.41, 5.74) is 9.15. The van der Waals surface area contributed by atoms with Crippen LogP contribution < -0.4 is 5.73 Å². The van der Waals surface area contributed by atoms with E-state index in [0.717, 1.165) is 0 Å². The second-order valence-electron chi connectivity index (χ2n) is 4.60. The van der Waals surface area contributed by atoms with Crippen LogP contribution in [0.4, 0.5) is 0 Å². The minimum atomic E-state index is 0.0942. The second kappa shape index (κ2) is 6.27. The van der Waals surface area contributed by atoms with Crippen LogP contribution in [0.25, 0.3) is 0 Å². The van der Waals surface area contributed by atoms with E-state index in [2.05, 4.69) is 36.6 Å². The van der Waals surface area contributed by atoms with E-state index in [1.807, 2.05) is 0 Å². The Bertz CT molecular complexity index is 398. The maximum absolute atomic E-state index is 6.43. The number of rotatable bonds is 3. The van der Waals surface area contributed by atoms with Crippen LogP contribution >= 0.6 is 11.8 Å². The highest BCUT2D eigenvalue weighted by Gasteiger charge is 2.15. The Morgan fingerprint density at radius 1 is 1.18 bits per heavy atom. The Hall–Kier alpha value is -0.730. The van der Waals surface area contributed by atoms with Crippen LogP contribution in [0.15, 0.2) is 40.8 Å². The maximum Gasteiger partial charge on any atom is 0.0522 e. The summed E-state index contributed by atoms with van der Waals surface area (Å²) in [6, 6.07) is 8.60. The maximum atomic E-state index is 6.43. The van der Waals surface area contributed by atoms with Crippen LogP contribution in [0.1, 0.15) is 43.7 Å². The molecule has 0 aliphatic heterocycles. The molecule has 0 radical (unpaired) electrons. The molecule has 1 aromatic rings. The summed E-state index contributed by atoms with van der Waals surface area (Å²) in [6.07, 6.45) is 10.8. The molecule has 0 saturated heterocycles. The van der Waals surface area contributed by atoms with Gasteiger partial charge in [0.25, 0.3) is 0 Å². The standard InChI is InChI=1S/C15H21NS/c1-17-14-11-7-6-10-13(14)15(16)12-8-4-2-3-5-9-12/h6-8,10-11,15H,2-5,9,16H2,1H3. The van der Waals surface area contributed by atoms with Gasteiger partial charge in [-0.2, -0.15) is 0 Å². The van der Waals surface area contributed by atoms with Gasteiger partial charge in [0.2, 0.25) is 0 Å². The van der Waals surface area contributed by atoms with E-state index in [1.165, 1.54) is 48.1 Å². The van der Waals surface area contributed by atoms with E-state index in [0.29, 0.717) is 0 Å². The topological polar surface area (TPSA) is 26.0 Å². The van der Waals surface area contributed by atoms with Crippen LogP contribution in [0.2, 0.25) is 0 Å². The summed E-state index contributed by atoms with van der Waals surface area (Å²) in [5, 5.41) is 0. The molecule has 2 rings (SSSR count). The van der Waals surface area contributed by atoms with Crippen molar-refractivity contribution >= 4 is 11.8 Å². The summed E-state index contributed by atoms with van der Waals surface area (Å²) < 4.78 is 0. The fourth-order valence-corrected chi connectivity index (χ4v) is 3.09. The van der Waals surface area contributed by atoms with Crippen molar-refractivity contribution in [1.82, 2.24) is 0 Å². The van der Waals surface area contributed by atoms with Crippen LogP contribution in [0.3, 0.4) is 0 Å². The zero-order valence-corrected chi connectivity index (χ0v) is 11.3. The molecular weight excluding hydrogens is 226 g/mol. The number of benzene rings is 1. The molecule has 1 nitrogen and oxygen atoms in total. The summed E-state index contributed by atoms with van der Waals surface area (Å²) in [4.78, 5) is 1.31. The van der Waals surface area contributed by atoms with Crippen molar-refractivity contribution in [3.8, 4) is 0 Å². The third-order valence-electron chi connectivity index (χ3n) is 3.45. The molecule has 2 heteroatoms. The van der Waals surface area contributed by atoms with Gasteiger partial charge in [-0.15, -0.1) is 11.8 Å². The van der Waals surface area contributed by atoms with Crippen molar-refractivity contribution in [2.24, 2.45) is 5.73 Å². The van der Waals surface area contributed by atoms with Gasteiger partial charge in [-0.1, -0.05) is 36.3 Å². The monoisotopic (exact) mass is 247 g/mol. The highest BCUT2D eigenvalue weighted by atomic mass is 32.2. The number of hydrogen-bond acceptors (Lipinski definition) is 2. The molecule has 1 aromatic carbocycles. The van der Waals surface area contributed by atoms with Gasteiger partial charge in [-0.3, -0.25) is 0 Å². The average molecular weight is 247 g/mol. The van der Waals surface area contributed by atoms with Gasteiger partial charge >= 0.3 is 0 Å². The van der Waals surface area contributed by atoms with Crippen molar-refractivity contribution in [1.29, 1.82) is 0 Å². The fraction of sp³-hybridized carbons (Fsp3) is 0.467. The van der Waals surface area contributed by atoms with Crippen molar-refractivity contribution < 1.29 is 0 Å². The van der Waals surface area contributed by atoms with Gasteiger partial charge in [0, 0.05) is 4.90 Å². The van der Waals surface area contributed by atoms with Crippen LogP contribution in [0, 0.1) is 0 Å². The van der Waals surface area contributed by atoms with E-state index >= 15 is 0 Å². The molecule has 0 saturated carbocycles. The smallest absolute Gasteiger partial charge is 0.0522 e. The largest absolute Gasteiger partial charge is 0.321 e. The van der Waals surface area contributed by atoms with Crippen molar-refractivity contribution in [2.45, 2.75) is 43.0 Å². The molecular formula is C15H21NS. The van der Waals surface area contributed by atoms with E-state index in [4.69, 9.17) is 5.73 Å². The highest BCUT2D eigenvalue weighted by Crippen LogP contribution is 2.32. The minimum absolute atomic E-state index is 0.0942. The van der Waals surface area contributed by atoms with E-state index in [-0.39, 0.29) is 6.04 Å². The molecule has 1 aliphatic carbocycles. The summed E-state index contributed by atoms with van der Waals surface area (Å²) in [5.74, 6) is 0. The van der Waals surface area contributed by atoms with Gasteiger partial charge < -0.3 is 5.73 Å². The first-order valence-electron chi connectivity index (χ1n) is 6.40. The van der Waals surface area contributed by atoms with Gasteiger partial charge in [0.15, 0.2) is 0 Å². The normalized spacial score (nSPS) is 18.4. The summed E-state index contributed by atoms with van der Waals surface area (Å²) in [6.45, 7) is 0. The number of allylic oxidation sites excluding steroid dienone is 1. The number of thioether (sulfide) groups is 1. The third-order valence-corrected chi connectivity index (χ3v) is 4.26. The van der Waals surface area contributed by atoms with Gasteiger partial charge in [-0.05, 0) is 43.6 Å². The van der Waals surface area contributed by atoms with E-state index in [1.54, 1.807) is 11.8 Å². The lowest BCUT2D eigenvalue weighted by molar-refractivity contribution is 0.685. The van der Waals surface area contributed by atoms with Crippen LogP contribution in [-0.2, 0) is 0 Å². The average Bonchev–Trinajstić information content (AvgIpc) is 2.66. The zero-order valence-electron chi connectivity index (χ0n) is 10.5. The van der Waals surface area contributed by atoms with E-state index < -0.39 is 0 Å². The van der Waals surface area contributed by atoms with Crippen molar-refractivity contribution in [3.05, 3.63) is 41.5 Å². The molecule has 0 fully saturated rings. The van der Waals surface area contributed by atoms with Gasteiger partial charge in [0.1, 0.15) is 0 Å². The SMILES string of the molecule is CSc1ccccc1C(N)C1=CCCCCC1.